The van der Waals surface area contributed by atoms with Crippen molar-refractivity contribution < 1.29 is 4.74 Å². The van der Waals surface area contributed by atoms with Gasteiger partial charge in [0, 0.05) is 37.3 Å². The Kier molecular flexibility index (Phi) is 4.39. The predicted molar refractivity (Wildman–Crippen MR) is 75.8 cm³/mol. The zero-order valence-electron chi connectivity index (χ0n) is 11.4. The van der Waals surface area contributed by atoms with Crippen LogP contribution in [0.4, 0.5) is 0 Å². The van der Waals surface area contributed by atoms with Crippen LogP contribution < -0.4 is 5.32 Å². The molecule has 1 aromatic carbocycles. The van der Waals surface area contributed by atoms with Gasteiger partial charge in [-0.3, -0.25) is 0 Å². The second-order valence-electron chi connectivity index (χ2n) is 4.65. The van der Waals surface area contributed by atoms with Crippen molar-refractivity contribution >= 4 is 10.9 Å². The van der Waals surface area contributed by atoms with Gasteiger partial charge >= 0.3 is 0 Å². The lowest BCUT2D eigenvalue weighted by molar-refractivity contribution is 0.104. The van der Waals surface area contributed by atoms with Gasteiger partial charge in [-0.05, 0) is 25.1 Å². The van der Waals surface area contributed by atoms with E-state index < -0.39 is 0 Å². The summed E-state index contributed by atoms with van der Waals surface area (Å²) in [6, 6.07) is 8.55. The fourth-order valence-electron chi connectivity index (χ4n) is 2.23. The number of para-hydroxylation sites is 1. The van der Waals surface area contributed by atoms with Crippen molar-refractivity contribution in [1.82, 2.24) is 9.88 Å². The third-order valence-corrected chi connectivity index (χ3v) is 3.29. The summed E-state index contributed by atoms with van der Waals surface area (Å²) in [6.45, 7) is 7.04. The lowest BCUT2D eigenvalue weighted by atomic mass is 10.2. The Morgan fingerprint density at radius 1 is 1.33 bits per heavy atom. The first-order valence-corrected chi connectivity index (χ1v) is 6.56. The summed E-state index contributed by atoms with van der Waals surface area (Å²) in [5.41, 5.74) is 2.64. The third kappa shape index (κ3) is 2.74. The number of nitrogens with zero attached hydrogens (tertiary/aromatic N) is 1. The number of methoxy groups -OCH3 is 1. The highest BCUT2D eigenvalue weighted by atomic mass is 16.5. The molecular formula is C15H22N2O. The summed E-state index contributed by atoms with van der Waals surface area (Å²) in [5, 5.41) is 4.73. The van der Waals surface area contributed by atoms with Crippen LogP contribution in [0.1, 0.15) is 19.4 Å². The van der Waals surface area contributed by atoms with E-state index in [9.17, 15) is 0 Å². The molecule has 3 nitrogen and oxygen atoms in total. The van der Waals surface area contributed by atoms with Crippen LogP contribution in [0.2, 0.25) is 0 Å². The minimum atomic E-state index is 0.229. The summed E-state index contributed by atoms with van der Waals surface area (Å²) in [6.07, 6.45) is 2.47. The molecule has 0 bridgehead atoms. The molecule has 1 N–H and O–H groups in total. The lowest BCUT2D eigenvalue weighted by Gasteiger charge is -2.11. The van der Waals surface area contributed by atoms with Crippen molar-refractivity contribution in [2.24, 2.45) is 0 Å². The van der Waals surface area contributed by atoms with E-state index >= 15 is 0 Å². The van der Waals surface area contributed by atoms with Crippen LogP contribution in [0.3, 0.4) is 0 Å². The number of nitrogens with one attached hydrogen (secondary N) is 1. The second-order valence-corrected chi connectivity index (χ2v) is 4.65. The van der Waals surface area contributed by atoms with E-state index in [1.165, 1.54) is 16.5 Å². The summed E-state index contributed by atoms with van der Waals surface area (Å²) in [5.74, 6) is 0. The Balaban J connectivity index is 2.34. The molecule has 0 aliphatic heterocycles. The molecule has 2 rings (SSSR count). The van der Waals surface area contributed by atoms with Crippen LogP contribution >= 0.6 is 0 Å². The average Bonchev–Trinajstić information content (AvgIpc) is 2.75. The van der Waals surface area contributed by atoms with Crippen LogP contribution in [-0.2, 0) is 17.8 Å². The molecule has 1 aromatic heterocycles. The van der Waals surface area contributed by atoms with E-state index in [-0.39, 0.29) is 6.10 Å². The summed E-state index contributed by atoms with van der Waals surface area (Å²) in [4.78, 5) is 0. The Bertz CT molecular complexity index is 504. The van der Waals surface area contributed by atoms with Crippen LogP contribution in [-0.4, -0.2) is 24.3 Å². The highest BCUT2D eigenvalue weighted by Gasteiger charge is 2.09. The molecule has 0 amide bonds. The number of aromatic nitrogens is 1. The molecular weight excluding hydrogens is 224 g/mol. The molecule has 0 saturated carbocycles. The highest BCUT2D eigenvalue weighted by molar-refractivity contribution is 5.83. The molecule has 0 saturated heterocycles. The molecule has 98 valence electrons. The Morgan fingerprint density at radius 3 is 2.83 bits per heavy atom. The molecule has 1 heterocycles. The monoisotopic (exact) mass is 246 g/mol. The van der Waals surface area contributed by atoms with Crippen LogP contribution in [0.15, 0.2) is 30.5 Å². The van der Waals surface area contributed by atoms with Gasteiger partial charge < -0.3 is 14.6 Å². The lowest BCUT2D eigenvalue weighted by Crippen LogP contribution is -2.14. The highest BCUT2D eigenvalue weighted by Crippen LogP contribution is 2.21. The Morgan fingerprint density at radius 2 is 2.11 bits per heavy atom. The van der Waals surface area contributed by atoms with Gasteiger partial charge in [0.15, 0.2) is 0 Å². The van der Waals surface area contributed by atoms with Gasteiger partial charge in [-0.15, -0.1) is 0 Å². The zero-order valence-corrected chi connectivity index (χ0v) is 11.4. The standard InChI is InChI=1S/C15H22N2O/c1-4-16-9-13-11-17(10-12(2)18-3)15-8-6-5-7-14(13)15/h5-8,11-12,16H,4,9-10H2,1-3H3. The summed E-state index contributed by atoms with van der Waals surface area (Å²) >= 11 is 0. The second kappa shape index (κ2) is 6.03. The number of hydrogen-bond donors (Lipinski definition) is 1. The van der Waals surface area contributed by atoms with Gasteiger partial charge in [-0.2, -0.15) is 0 Å². The first-order valence-electron chi connectivity index (χ1n) is 6.56. The maximum atomic E-state index is 5.36. The van der Waals surface area contributed by atoms with Gasteiger partial charge in [-0.25, -0.2) is 0 Å². The average molecular weight is 246 g/mol. The molecule has 0 radical (unpaired) electrons. The Hall–Kier alpha value is -1.32. The van der Waals surface area contributed by atoms with E-state index in [4.69, 9.17) is 4.74 Å². The summed E-state index contributed by atoms with van der Waals surface area (Å²) in [7, 11) is 1.76. The van der Waals surface area contributed by atoms with Gasteiger partial charge in [0.05, 0.1) is 6.10 Å². The maximum absolute atomic E-state index is 5.36. The van der Waals surface area contributed by atoms with E-state index in [0.717, 1.165) is 19.6 Å². The smallest absolute Gasteiger partial charge is 0.0722 e. The van der Waals surface area contributed by atoms with Crippen LogP contribution in [0.25, 0.3) is 10.9 Å². The van der Waals surface area contributed by atoms with Gasteiger partial charge in [-0.1, -0.05) is 25.1 Å². The van der Waals surface area contributed by atoms with E-state index in [0.29, 0.717) is 0 Å². The third-order valence-electron chi connectivity index (χ3n) is 3.29. The van der Waals surface area contributed by atoms with Crippen molar-refractivity contribution in [2.75, 3.05) is 13.7 Å². The fourth-order valence-corrected chi connectivity index (χ4v) is 2.23. The molecule has 1 atom stereocenters. The number of fused-ring (bicyclic) bond motifs is 1. The molecule has 3 heteroatoms. The first kappa shape index (κ1) is 13.1. The normalized spacial score (nSPS) is 13.1. The van der Waals surface area contributed by atoms with Crippen molar-refractivity contribution in [3.8, 4) is 0 Å². The predicted octanol–water partition coefficient (Wildman–Crippen LogP) is 2.79. The van der Waals surface area contributed by atoms with Gasteiger partial charge in [0.25, 0.3) is 0 Å². The molecule has 0 aliphatic carbocycles. The minimum absolute atomic E-state index is 0.229. The molecule has 18 heavy (non-hydrogen) atoms. The maximum Gasteiger partial charge on any atom is 0.0722 e. The van der Waals surface area contributed by atoms with Crippen LogP contribution in [0, 0.1) is 0 Å². The van der Waals surface area contributed by atoms with Crippen molar-refractivity contribution in [3.63, 3.8) is 0 Å². The quantitative estimate of drug-likeness (QED) is 0.848. The first-order chi connectivity index (χ1) is 8.76. The molecule has 0 aliphatic rings. The number of hydrogen-bond acceptors (Lipinski definition) is 2. The van der Waals surface area contributed by atoms with E-state index in [1.807, 2.05) is 0 Å². The van der Waals surface area contributed by atoms with E-state index in [1.54, 1.807) is 7.11 Å². The van der Waals surface area contributed by atoms with Crippen LogP contribution in [0.5, 0.6) is 0 Å². The topological polar surface area (TPSA) is 26.2 Å². The zero-order chi connectivity index (χ0) is 13.0. The van der Waals surface area contributed by atoms with Gasteiger partial charge in [0.2, 0.25) is 0 Å². The number of benzene rings is 1. The SMILES string of the molecule is CCNCc1cn(CC(C)OC)c2ccccc12. The summed E-state index contributed by atoms with van der Waals surface area (Å²) < 4.78 is 7.64. The minimum Gasteiger partial charge on any atom is -0.380 e. The molecule has 0 fully saturated rings. The largest absolute Gasteiger partial charge is 0.380 e. The van der Waals surface area contributed by atoms with Crippen molar-refractivity contribution in [3.05, 3.63) is 36.0 Å². The number of rotatable bonds is 6. The Labute approximate surface area is 109 Å². The van der Waals surface area contributed by atoms with Crippen molar-refractivity contribution in [1.29, 1.82) is 0 Å². The van der Waals surface area contributed by atoms with E-state index in [2.05, 4.69) is 54.2 Å². The molecule has 2 aromatic rings. The fraction of sp³-hybridized carbons (Fsp3) is 0.467. The van der Waals surface area contributed by atoms with Gasteiger partial charge in [0.1, 0.15) is 0 Å². The number of ether oxygens (including phenoxy) is 1. The molecule has 0 spiro atoms. The molecule has 1 unspecified atom stereocenters. The van der Waals surface area contributed by atoms with Crippen molar-refractivity contribution in [2.45, 2.75) is 33.0 Å².